The van der Waals surface area contributed by atoms with Crippen molar-refractivity contribution in [3.05, 3.63) is 36.0 Å². The van der Waals surface area contributed by atoms with Gasteiger partial charge in [0.25, 0.3) is 5.91 Å². The Morgan fingerprint density at radius 3 is 2.85 bits per heavy atom. The topological polar surface area (TPSA) is 56.4 Å². The fourth-order valence-corrected chi connectivity index (χ4v) is 2.52. The third-order valence-corrected chi connectivity index (χ3v) is 3.72. The summed E-state index contributed by atoms with van der Waals surface area (Å²) in [4.78, 5) is 30.8. The van der Waals surface area contributed by atoms with Crippen molar-refractivity contribution in [3.8, 4) is 0 Å². The van der Waals surface area contributed by atoms with E-state index in [4.69, 9.17) is 0 Å². The monoisotopic (exact) mass is 271 g/mol. The summed E-state index contributed by atoms with van der Waals surface area (Å²) in [6, 6.07) is 9.61. The first-order valence-corrected chi connectivity index (χ1v) is 6.76. The van der Waals surface area contributed by atoms with Crippen LogP contribution in [0.2, 0.25) is 0 Å². The molecule has 5 nitrogen and oxygen atoms in total. The predicted octanol–water partition coefficient (Wildman–Crippen LogP) is 1.47. The van der Waals surface area contributed by atoms with Gasteiger partial charge in [0.05, 0.1) is 0 Å². The minimum Gasteiger partial charge on any atom is -0.351 e. The number of hydrogen-bond acceptors (Lipinski definition) is 2. The lowest BCUT2D eigenvalue weighted by Gasteiger charge is -2.18. The average Bonchev–Trinajstić information content (AvgIpc) is 2.81. The van der Waals surface area contributed by atoms with Crippen molar-refractivity contribution in [1.82, 2.24) is 14.8 Å². The second kappa shape index (κ2) is 5.00. The van der Waals surface area contributed by atoms with Crippen LogP contribution in [0.25, 0.3) is 10.9 Å². The Morgan fingerprint density at radius 2 is 2.05 bits per heavy atom. The fraction of sp³-hybridized carbons (Fsp3) is 0.333. The van der Waals surface area contributed by atoms with Gasteiger partial charge < -0.3 is 14.8 Å². The molecule has 1 aliphatic rings. The lowest BCUT2D eigenvalue weighted by molar-refractivity contribution is -0.129. The fourth-order valence-electron chi connectivity index (χ4n) is 2.52. The number of aromatic amines is 1. The van der Waals surface area contributed by atoms with Crippen LogP contribution in [0.1, 0.15) is 16.9 Å². The number of nitrogens with zero attached hydrogens (tertiary/aromatic N) is 2. The molecule has 0 atom stereocenters. The number of fused-ring (bicyclic) bond motifs is 1. The summed E-state index contributed by atoms with van der Waals surface area (Å²) in [5.41, 5.74) is 1.48. The highest BCUT2D eigenvalue weighted by molar-refractivity contribution is 5.99. The normalized spacial score (nSPS) is 16.6. The lowest BCUT2D eigenvalue weighted by atomic mass is 10.2. The van der Waals surface area contributed by atoms with Crippen molar-refractivity contribution in [2.24, 2.45) is 0 Å². The zero-order valence-corrected chi connectivity index (χ0v) is 11.4. The third-order valence-electron chi connectivity index (χ3n) is 3.72. The molecule has 2 amide bonds. The van der Waals surface area contributed by atoms with E-state index in [1.807, 2.05) is 30.3 Å². The number of para-hydroxylation sites is 1. The Morgan fingerprint density at radius 1 is 1.25 bits per heavy atom. The van der Waals surface area contributed by atoms with Gasteiger partial charge in [-0.3, -0.25) is 9.59 Å². The largest absolute Gasteiger partial charge is 0.351 e. The summed E-state index contributed by atoms with van der Waals surface area (Å²) < 4.78 is 0. The van der Waals surface area contributed by atoms with Crippen LogP contribution in [-0.4, -0.2) is 53.3 Å². The molecule has 1 aliphatic heterocycles. The van der Waals surface area contributed by atoms with Crippen LogP contribution in [-0.2, 0) is 4.79 Å². The maximum absolute atomic E-state index is 12.5. The summed E-state index contributed by atoms with van der Waals surface area (Å²) in [6.45, 7) is 1.48. The molecule has 0 aliphatic carbocycles. The Labute approximate surface area is 117 Å². The summed E-state index contributed by atoms with van der Waals surface area (Å²) in [5, 5.41) is 1.01. The number of nitrogens with one attached hydrogen (secondary N) is 1. The van der Waals surface area contributed by atoms with Gasteiger partial charge in [-0.05, 0) is 18.6 Å². The molecule has 1 N–H and O–H groups in total. The van der Waals surface area contributed by atoms with Gasteiger partial charge in [0.15, 0.2) is 0 Å². The van der Waals surface area contributed by atoms with Crippen molar-refractivity contribution in [3.63, 3.8) is 0 Å². The van der Waals surface area contributed by atoms with Gasteiger partial charge in [0, 0.05) is 31.0 Å². The van der Waals surface area contributed by atoms with Crippen molar-refractivity contribution in [2.75, 3.05) is 26.7 Å². The Bertz CT molecular complexity index is 629. The SMILES string of the molecule is CN1CCCN(C(=O)c2cc3ccccc3[nH]2)CC1=O. The molecule has 5 heteroatoms. The number of carbonyl (C=O) groups is 2. The van der Waals surface area contributed by atoms with Crippen molar-refractivity contribution in [2.45, 2.75) is 6.42 Å². The summed E-state index contributed by atoms with van der Waals surface area (Å²) in [7, 11) is 1.78. The molecule has 0 bridgehead atoms. The van der Waals surface area contributed by atoms with Crippen LogP contribution in [0.15, 0.2) is 30.3 Å². The van der Waals surface area contributed by atoms with Gasteiger partial charge in [-0.1, -0.05) is 18.2 Å². The first-order valence-electron chi connectivity index (χ1n) is 6.76. The quantitative estimate of drug-likeness (QED) is 0.854. The molecule has 1 aromatic heterocycles. The van der Waals surface area contributed by atoms with Crippen LogP contribution in [0.3, 0.4) is 0 Å². The van der Waals surface area contributed by atoms with Gasteiger partial charge in [-0.15, -0.1) is 0 Å². The molecule has 1 fully saturated rings. The van der Waals surface area contributed by atoms with Gasteiger partial charge in [-0.2, -0.15) is 0 Å². The minimum absolute atomic E-state index is 0.00744. The molecule has 2 aromatic rings. The second-order valence-electron chi connectivity index (χ2n) is 5.17. The van der Waals surface area contributed by atoms with Gasteiger partial charge in [0.1, 0.15) is 12.2 Å². The first-order chi connectivity index (χ1) is 9.65. The number of hydrogen-bond donors (Lipinski definition) is 1. The second-order valence-corrected chi connectivity index (χ2v) is 5.17. The molecule has 1 saturated heterocycles. The molecule has 0 saturated carbocycles. The molecular weight excluding hydrogens is 254 g/mol. The molecule has 0 radical (unpaired) electrons. The smallest absolute Gasteiger partial charge is 0.270 e. The number of rotatable bonds is 1. The van der Waals surface area contributed by atoms with Crippen LogP contribution in [0, 0.1) is 0 Å². The predicted molar refractivity (Wildman–Crippen MR) is 76.5 cm³/mol. The van der Waals surface area contributed by atoms with Gasteiger partial charge >= 0.3 is 0 Å². The van der Waals surface area contributed by atoms with Crippen LogP contribution < -0.4 is 0 Å². The number of likely N-dealkylation sites (N-methyl/N-ethyl adjacent to an activating group) is 1. The molecule has 104 valence electrons. The highest BCUT2D eigenvalue weighted by Crippen LogP contribution is 2.16. The highest BCUT2D eigenvalue weighted by Gasteiger charge is 2.24. The van der Waals surface area contributed by atoms with E-state index in [9.17, 15) is 9.59 Å². The van der Waals surface area contributed by atoms with Crippen molar-refractivity contribution < 1.29 is 9.59 Å². The van der Waals surface area contributed by atoms with E-state index < -0.39 is 0 Å². The number of carbonyl (C=O) groups excluding carboxylic acids is 2. The average molecular weight is 271 g/mol. The maximum atomic E-state index is 12.5. The number of aromatic nitrogens is 1. The van der Waals surface area contributed by atoms with Crippen LogP contribution >= 0.6 is 0 Å². The molecule has 20 heavy (non-hydrogen) atoms. The summed E-state index contributed by atoms with van der Waals surface area (Å²) in [6.07, 6.45) is 0.814. The van der Waals surface area contributed by atoms with Crippen LogP contribution in [0.5, 0.6) is 0 Å². The van der Waals surface area contributed by atoms with E-state index in [2.05, 4.69) is 4.98 Å². The standard InChI is InChI=1S/C15H17N3O2/c1-17-7-4-8-18(10-14(17)19)15(20)13-9-11-5-2-3-6-12(11)16-13/h2-3,5-6,9,16H,4,7-8,10H2,1H3. The Balaban J connectivity index is 1.86. The molecular formula is C15H17N3O2. The van der Waals surface area contributed by atoms with Crippen molar-refractivity contribution in [1.29, 1.82) is 0 Å². The Kier molecular flexibility index (Phi) is 3.18. The molecule has 2 heterocycles. The molecule has 0 unspecified atom stereocenters. The maximum Gasteiger partial charge on any atom is 0.270 e. The van der Waals surface area contributed by atoms with E-state index in [0.717, 1.165) is 17.3 Å². The van der Waals surface area contributed by atoms with E-state index >= 15 is 0 Å². The lowest BCUT2D eigenvalue weighted by Crippen LogP contribution is -2.38. The summed E-state index contributed by atoms with van der Waals surface area (Å²) >= 11 is 0. The van der Waals surface area contributed by atoms with E-state index in [1.165, 1.54) is 0 Å². The minimum atomic E-state index is -0.107. The summed E-state index contributed by atoms with van der Waals surface area (Å²) in [5.74, 6) is -0.114. The molecule has 3 rings (SSSR count). The number of H-pyrrole nitrogens is 1. The zero-order chi connectivity index (χ0) is 14.1. The van der Waals surface area contributed by atoms with E-state index in [1.54, 1.807) is 16.8 Å². The van der Waals surface area contributed by atoms with E-state index in [-0.39, 0.29) is 18.4 Å². The first kappa shape index (κ1) is 12.7. The van der Waals surface area contributed by atoms with Crippen LogP contribution in [0.4, 0.5) is 0 Å². The number of amides is 2. The van der Waals surface area contributed by atoms with Crippen molar-refractivity contribution >= 4 is 22.7 Å². The van der Waals surface area contributed by atoms with Gasteiger partial charge in [0.2, 0.25) is 5.91 Å². The third kappa shape index (κ3) is 2.27. The Hall–Kier alpha value is -2.30. The molecule has 1 aromatic carbocycles. The molecule has 0 spiro atoms. The highest BCUT2D eigenvalue weighted by atomic mass is 16.2. The number of benzene rings is 1. The van der Waals surface area contributed by atoms with E-state index in [0.29, 0.717) is 18.8 Å². The zero-order valence-electron chi connectivity index (χ0n) is 11.4. The van der Waals surface area contributed by atoms with Gasteiger partial charge in [-0.25, -0.2) is 0 Å².